The zero-order valence-corrected chi connectivity index (χ0v) is 31.6. The molecule has 0 spiro atoms. The van der Waals surface area contributed by atoms with Crippen molar-refractivity contribution in [1.29, 1.82) is 0 Å². The summed E-state index contributed by atoms with van der Waals surface area (Å²) in [5.41, 5.74) is 0. The summed E-state index contributed by atoms with van der Waals surface area (Å²) in [6.45, 7) is 10.5. The van der Waals surface area contributed by atoms with Crippen LogP contribution in [-0.4, -0.2) is 61.2 Å². The molecule has 1 saturated heterocycles. The third-order valence-electron chi connectivity index (χ3n) is 9.17. The average molecular weight is 658 g/mol. The summed E-state index contributed by atoms with van der Waals surface area (Å²) in [4.78, 5) is 2.32. The highest BCUT2D eigenvalue weighted by Gasteiger charge is 2.34. The van der Waals surface area contributed by atoms with Crippen molar-refractivity contribution in [2.45, 2.75) is 193 Å². The van der Waals surface area contributed by atoms with Crippen LogP contribution in [0.4, 0.5) is 0 Å². The summed E-state index contributed by atoms with van der Waals surface area (Å²) < 4.78 is 12.7. The number of hydrogen-bond donors (Lipinski definition) is 1. The topological polar surface area (TPSA) is 41.9 Å². The highest BCUT2D eigenvalue weighted by atomic mass is 16.5. The Hall–Kier alpha value is -1.20. The highest BCUT2D eigenvalue weighted by molar-refractivity contribution is 4.93. The van der Waals surface area contributed by atoms with Crippen LogP contribution >= 0.6 is 0 Å². The zero-order chi connectivity index (χ0) is 33.9. The Morgan fingerprint density at radius 2 is 0.851 bits per heavy atom. The number of likely N-dealkylation sites (tertiary alicyclic amines) is 1. The fraction of sp³-hybridized carbons (Fsp3) is 0.814. The third-order valence-corrected chi connectivity index (χ3v) is 9.17. The van der Waals surface area contributed by atoms with E-state index in [2.05, 4.69) is 67.4 Å². The molecule has 0 saturated carbocycles. The van der Waals surface area contributed by atoms with E-state index in [9.17, 15) is 5.11 Å². The van der Waals surface area contributed by atoms with Crippen LogP contribution in [0.5, 0.6) is 0 Å². The molecular formula is C43H79NO3. The number of aliphatic hydroxyl groups is 1. The van der Waals surface area contributed by atoms with Crippen molar-refractivity contribution in [2.75, 3.05) is 32.8 Å². The monoisotopic (exact) mass is 658 g/mol. The number of rotatable bonds is 34. The quantitative estimate of drug-likeness (QED) is 0.0552. The van der Waals surface area contributed by atoms with Gasteiger partial charge in [-0.25, -0.2) is 0 Å². The molecule has 3 atom stereocenters. The minimum atomic E-state index is -0.310. The Morgan fingerprint density at radius 1 is 0.511 bits per heavy atom. The molecule has 0 aromatic rings. The van der Waals surface area contributed by atoms with Gasteiger partial charge in [0.1, 0.15) is 0 Å². The standard InChI is InChI=1S/C43H79NO3/c1-4-6-8-10-12-14-16-18-20-22-24-26-28-30-32-34-36-46-42-39-44(38-41(3)45)40-43(42)47-37-35-33-31-29-27-25-23-21-19-17-15-13-11-9-7-5-2/h12-15,18-21,41-43,45H,4-11,16-17,22-40H2,1-3H3/b14-12-,15-13-,20-18-,21-19-/t41-,42+,43+/m0/s1. The number of aliphatic hydroxyl groups excluding tert-OH is 1. The fourth-order valence-corrected chi connectivity index (χ4v) is 6.31. The molecule has 4 nitrogen and oxygen atoms in total. The molecular weight excluding hydrogens is 578 g/mol. The van der Waals surface area contributed by atoms with Crippen LogP contribution in [0.2, 0.25) is 0 Å². The molecule has 1 aliphatic rings. The van der Waals surface area contributed by atoms with Gasteiger partial charge in [0.25, 0.3) is 0 Å². The first-order chi connectivity index (χ1) is 23.2. The molecule has 4 heteroatoms. The lowest BCUT2D eigenvalue weighted by Gasteiger charge is -2.20. The number of ether oxygens (including phenoxy) is 2. The largest absolute Gasteiger partial charge is 0.392 e. The Labute approximate surface area is 293 Å². The van der Waals surface area contributed by atoms with E-state index in [0.717, 1.165) is 52.0 Å². The van der Waals surface area contributed by atoms with E-state index < -0.39 is 0 Å². The van der Waals surface area contributed by atoms with E-state index >= 15 is 0 Å². The first-order valence-electron chi connectivity index (χ1n) is 20.4. The molecule has 274 valence electrons. The lowest BCUT2D eigenvalue weighted by molar-refractivity contribution is -0.0481. The second-order valence-electron chi connectivity index (χ2n) is 14.1. The van der Waals surface area contributed by atoms with Crippen molar-refractivity contribution < 1.29 is 14.6 Å². The molecule has 0 bridgehead atoms. The molecule has 1 aliphatic heterocycles. The molecule has 0 amide bonds. The molecule has 1 rings (SSSR count). The van der Waals surface area contributed by atoms with E-state index in [1.54, 1.807) is 0 Å². The Kier molecular flexibility index (Phi) is 32.3. The number of β-amino-alcohol motifs (C(OH)–C–C–N with tert-alkyl or cyclic N) is 1. The van der Waals surface area contributed by atoms with E-state index in [1.165, 1.54) is 128 Å². The summed E-state index contributed by atoms with van der Waals surface area (Å²) in [5.74, 6) is 0. The van der Waals surface area contributed by atoms with Crippen molar-refractivity contribution in [3.05, 3.63) is 48.6 Å². The van der Waals surface area contributed by atoms with Gasteiger partial charge in [-0.3, -0.25) is 4.90 Å². The Bertz CT molecular complexity index is 700. The average Bonchev–Trinajstić information content (AvgIpc) is 3.44. The zero-order valence-electron chi connectivity index (χ0n) is 31.6. The van der Waals surface area contributed by atoms with E-state index in [4.69, 9.17) is 9.47 Å². The summed E-state index contributed by atoms with van der Waals surface area (Å²) in [7, 11) is 0. The van der Waals surface area contributed by atoms with Crippen molar-refractivity contribution in [3.8, 4) is 0 Å². The van der Waals surface area contributed by atoms with E-state index in [0.29, 0.717) is 6.54 Å². The van der Waals surface area contributed by atoms with Crippen LogP contribution in [0.15, 0.2) is 48.6 Å². The number of nitrogens with zero attached hydrogens (tertiary/aromatic N) is 1. The number of allylic oxidation sites excluding steroid dienone is 8. The van der Waals surface area contributed by atoms with Gasteiger partial charge >= 0.3 is 0 Å². The van der Waals surface area contributed by atoms with Gasteiger partial charge in [0, 0.05) is 32.8 Å². The SMILES string of the molecule is CCCCC/C=C\C/C=C\CCCCCCCCO[C@@H]1CN(C[C@H](C)O)C[C@H]1OCCCCCCCC/C=C\C/C=C\CCCCC. The van der Waals surface area contributed by atoms with Crippen LogP contribution < -0.4 is 0 Å². The number of unbranched alkanes of at least 4 members (excludes halogenated alkanes) is 18. The van der Waals surface area contributed by atoms with Gasteiger partial charge in [-0.2, -0.15) is 0 Å². The predicted molar refractivity (Wildman–Crippen MR) is 206 cm³/mol. The van der Waals surface area contributed by atoms with Crippen LogP contribution in [0.25, 0.3) is 0 Å². The van der Waals surface area contributed by atoms with Gasteiger partial charge in [-0.1, -0.05) is 140 Å². The minimum Gasteiger partial charge on any atom is -0.392 e. The summed E-state index contributed by atoms with van der Waals surface area (Å²) >= 11 is 0. The van der Waals surface area contributed by atoms with Crippen molar-refractivity contribution in [3.63, 3.8) is 0 Å². The molecule has 0 aliphatic carbocycles. The molecule has 1 heterocycles. The van der Waals surface area contributed by atoms with Crippen molar-refractivity contribution >= 4 is 0 Å². The van der Waals surface area contributed by atoms with Crippen LogP contribution in [-0.2, 0) is 9.47 Å². The Morgan fingerprint density at radius 3 is 1.21 bits per heavy atom. The summed E-state index contributed by atoms with van der Waals surface area (Å²) in [6, 6.07) is 0. The summed E-state index contributed by atoms with van der Waals surface area (Å²) in [6.07, 6.45) is 49.0. The van der Waals surface area contributed by atoms with Gasteiger partial charge < -0.3 is 14.6 Å². The summed E-state index contributed by atoms with van der Waals surface area (Å²) in [5, 5.41) is 9.91. The molecule has 1 fully saturated rings. The number of hydrogen-bond acceptors (Lipinski definition) is 4. The van der Waals surface area contributed by atoms with Gasteiger partial charge in [0.2, 0.25) is 0 Å². The second kappa shape index (κ2) is 34.7. The van der Waals surface area contributed by atoms with Gasteiger partial charge in [0.05, 0.1) is 18.3 Å². The van der Waals surface area contributed by atoms with Crippen molar-refractivity contribution in [2.24, 2.45) is 0 Å². The van der Waals surface area contributed by atoms with E-state index in [-0.39, 0.29) is 18.3 Å². The van der Waals surface area contributed by atoms with Crippen LogP contribution in [0.3, 0.4) is 0 Å². The lowest BCUT2D eigenvalue weighted by Crippen LogP contribution is -2.30. The van der Waals surface area contributed by atoms with Crippen molar-refractivity contribution in [1.82, 2.24) is 4.90 Å². The lowest BCUT2D eigenvalue weighted by atomic mass is 10.1. The molecule has 0 radical (unpaired) electrons. The van der Waals surface area contributed by atoms with Gasteiger partial charge in [-0.05, 0) is 84.0 Å². The smallest absolute Gasteiger partial charge is 0.0975 e. The highest BCUT2D eigenvalue weighted by Crippen LogP contribution is 2.19. The second-order valence-corrected chi connectivity index (χ2v) is 14.1. The fourth-order valence-electron chi connectivity index (χ4n) is 6.31. The maximum Gasteiger partial charge on any atom is 0.0975 e. The first kappa shape index (κ1) is 43.8. The molecule has 0 unspecified atom stereocenters. The maximum absolute atomic E-state index is 9.91. The third kappa shape index (κ3) is 29.4. The first-order valence-corrected chi connectivity index (χ1v) is 20.4. The molecule has 0 aromatic carbocycles. The molecule has 0 aromatic heterocycles. The maximum atomic E-state index is 9.91. The van der Waals surface area contributed by atoms with Crippen LogP contribution in [0.1, 0.15) is 175 Å². The Balaban J connectivity index is 2.04. The molecule has 1 N–H and O–H groups in total. The predicted octanol–water partition coefficient (Wildman–Crippen LogP) is 12.1. The molecule has 47 heavy (non-hydrogen) atoms. The van der Waals surface area contributed by atoms with E-state index in [1.807, 2.05) is 6.92 Å². The minimum absolute atomic E-state index is 0.135. The normalized spacial score (nSPS) is 18.3. The van der Waals surface area contributed by atoms with Crippen LogP contribution in [0, 0.1) is 0 Å². The van der Waals surface area contributed by atoms with Gasteiger partial charge in [-0.15, -0.1) is 0 Å². The van der Waals surface area contributed by atoms with Gasteiger partial charge in [0.15, 0.2) is 0 Å².